The summed E-state index contributed by atoms with van der Waals surface area (Å²) in [6, 6.07) is 6.00. The summed E-state index contributed by atoms with van der Waals surface area (Å²) >= 11 is 7.66. The van der Waals surface area contributed by atoms with Gasteiger partial charge in [0.1, 0.15) is 5.82 Å². The highest BCUT2D eigenvalue weighted by Gasteiger charge is 2.07. The Morgan fingerprint density at radius 2 is 2.29 bits per heavy atom. The van der Waals surface area contributed by atoms with Crippen molar-refractivity contribution in [3.8, 4) is 0 Å². The van der Waals surface area contributed by atoms with E-state index in [1.807, 2.05) is 32.2 Å². The summed E-state index contributed by atoms with van der Waals surface area (Å²) in [5.74, 6) is 0.801. The van der Waals surface area contributed by atoms with Gasteiger partial charge in [-0.3, -0.25) is 5.10 Å². The molecule has 17 heavy (non-hydrogen) atoms. The third kappa shape index (κ3) is 3.21. The molecule has 4 nitrogen and oxygen atoms in total. The summed E-state index contributed by atoms with van der Waals surface area (Å²) in [7, 11) is 1.91. The van der Waals surface area contributed by atoms with Gasteiger partial charge in [-0.05, 0) is 43.4 Å². The van der Waals surface area contributed by atoms with Crippen LogP contribution in [0.25, 0.3) is 0 Å². The predicted molar refractivity (Wildman–Crippen MR) is 69.5 cm³/mol. The molecule has 0 saturated carbocycles. The van der Waals surface area contributed by atoms with Crippen molar-refractivity contribution in [2.45, 2.75) is 23.5 Å². The Hall–Kier alpha value is -1.04. The number of aryl methyl sites for hydroxylation is 1. The average Bonchev–Trinajstić information content (AvgIpc) is 2.69. The molecule has 0 bridgehead atoms. The van der Waals surface area contributed by atoms with Gasteiger partial charge in [-0.15, -0.1) is 5.10 Å². The van der Waals surface area contributed by atoms with Crippen LogP contribution in [-0.4, -0.2) is 22.2 Å². The molecule has 0 spiro atoms. The average molecular weight is 269 g/mol. The fourth-order valence-electron chi connectivity index (χ4n) is 1.41. The molecule has 2 N–H and O–H groups in total. The first-order valence-electron chi connectivity index (χ1n) is 5.19. The minimum Gasteiger partial charge on any atom is -0.316 e. The van der Waals surface area contributed by atoms with Crippen molar-refractivity contribution in [1.29, 1.82) is 0 Å². The van der Waals surface area contributed by atoms with Crippen LogP contribution in [0, 0.1) is 6.92 Å². The zero-order chi connectivity index (χ0) is 12.3. The molecule has 1 aromatic carbocycles. The monoisotopic (exact) mass is 268 g/mol. The Balaban J connectivity index is 2.16. The SMILES string of the molecule is CNCc1ccc(Sc2n[nH]c(C)n2)c(Cl)c1. The van der Waals surface area contributed by atoms with E-state index < -0.39 is 0 Å². The van der Waals surface area contributed by atoms with Gasteiger partial charge in [-0.2, -0.15) is 0 Å². The summed E-state index contributed by atoms with van der Waals surface area (Å²) < 4.78 is 0. The number of halogens is 1. The number of hydrogen-bond donors (Lipinski definition) is 2. The zero-order valence-corrected chi connectivity index (χ0v) is 11.2. The third-order valence-electron chi connectivity index (χ3n) is 2.16. The lowest BCUT2D eigenvalue weighted by atomic mass is 10.2. The number of nitrogens with one attached hydrogen (secondary N) is 2. The maximum absolute atomic E-state index is 6.21. The lowest BCUT2D eigenvalue weighted by molar-refractivity contribution is 0.817. The lowest BCUT2D eigenvalue weighted by Crippen LogP contribution is -2.04. The minimum atomic E-state index is 0.686. The topological polar surface area (TPSA) is 53.6 Å². The van der Waals surface area contributed by atoms with E-state index in [2.05, 4.69) is 20.5 Å². The van der Waals surface area contributed by atoms with Gasteiger partial charge in [-0.1, -0.05) is 17.7 Å². The van der Waals surface area contributed by atoms with Gasteiger partial charge < -0.3 is 5.32 Å². The summed E-state index contributed by atoms with van der Waals surface area (Å²) in [4.78, 5) is 5.19. The quantitative estimate of drug-likeness (QED) is 0.895. The van der Waals surface area contributed by atoms with E-state index in [1.165, 1.54) is 11.8 Å². The molecule has 2 aromatic rings. The molecule has 0 aliphatic carbocycles. The van der Waals surface area contributed by atoms with Crippen LogP contribution >= 0.6 is 23.4 Å². The van der Waals surface area contributed by atoms with Crippen LogP contribution in [0.4, 0.5) is 0 Å². The second kappa shape index (κ2) is 5.53. The smallest absolute Gasteiger partial charge is 0.213 e. The molecule has 0 fully saturated rings. The summed E-state index contributed by atoms with van der Waals surface area (Å²) in [5.41, 5.74) is 1.16. The van der Waals surface area contributed by atoms with Crippen molar-refractivity contribution >= 4 is 23.4 Å². The number of aromatic nitrogens is 3. The molecule has 0 aliphatic heterocycles. The van der Waals surface area contributed by atoms with E-state index in [4.69, 9.17) is 11.6 Å². The number of aromatic amines is 1. The van der Waals surface area contributed by atoms with Gasteiger partial charge in [0.05, 0.1) is 5.02 Å². The first-order chi connectivity index (χ1) is 8.19. The van der Waals surface area contributed by atoms with Gasteiger partial charge >= 0.3 is 0 Å². The van der Waals surface area contributed by atoms with Crippen LogP contribution in [0.5, 0.6) is 0 Å². The molecule has 0 amide bonds. The normalized spacial score (nSPS) is 10.8. The number of nitrogens with zero attached hydrogens (tertiary/aromatic N) is 2. The van der Waals surface area contributed by atoms with E-state index in [0.717, 1.165) is 27.9 Å². The van der Waals surface area contributed by atoms with Crippen molar-refractivity contribution in [2.75, 3.05) is 7.05 Å². The van der Waals surface area contributed by atoms with E-state index in [-0.39, 0.29) is 0 Å². The van der Waals surface area contributed by atoms with Gasteiger partial charge in [0.2, 0.25) is 5.16 Å². The fourth-order valence-corrected chi connectivity index (χ4v) is 2.49. The molecule has 1 aromatic heterocycles. The number of hydrogen-bond acceptors (Lipinski definition) is 4. The van der Waals surface area contributed by atoms with Crippen molar-refractivity contribution < 1.29 is 0 Å². The Labute approximate surface area is 109 Å². The molecule has 90 valence electrons. The highest BCUT2D eigenvalue weighted by molar-refractivity contribution is 7.99. The van der Waals surface area contributed by atoms with Crippen molar-refractivity contribution in [1.82, 2.24) is 20.5 Å². The Kier molecular flexibility index (Phi) is 4.04. The number of rotatable bonds is 4. The van der Waals surface area contributed by atoms with E-state index in [9.17, 15) is 0 Å². The molecule has 2 rings (SSSR count). The van der Waals surface area contributed by atoms with Crippen molar-refractivity contribution in [3.05, 3.63) is 34.6 Å². The number of H-pyrrole nitrogens is 1. The largest absolute Gasteiger partial charge is 0.316 e. The van der Waals surface area contributed by atoms with Gasteiger partial charge in [0.15, 0.2) is 0 Å². The third-order valence-corrected chi connectivity index (χ3v) is 3.52. The molecule has 6 heteroatoms. The van der Waals surface area contributed by atoms with Crippen LogP contribution in [0.3, 0.4) is 0 Å². The van der Waals surface area contributed by atoms with Crippen LogP contribution in [0.2, 0.25) is 5.02 Å². The summed E-state index contributed by atoms with van der Waals surface area (Å²) in [6.45, 7) is 2.68. The van der Waals surface area contributed by atoms with Crippen LogP contribution in [0.1, 0.15) is 11.4 Å². The first kappa shape index (κ1) is 12.4. The standard InChI is InChI=1S/C11H13ClN4S/c1-7-14-11(16-15-7)17-10-4-3-8(6-13-2)5-9(10)12/h3-5,13H,6H2,1-2H3,(H,14,15,16). The molecule has 0 unspecified atom stereocenters. The van der Waals surface area contributed by atoms with Crippen LogP contribution in [-0.2, 0) is 6.54 Å². The van der Waals surface area contributed by atoms with Crippen LogP contribution < -0.4 is 5.32 Å². The second-order valence-electron chi connectivity index (χ2n) is 3.60. The zero-order valence-electron chi connectivity index (χ0n) is 9.62. The molecule has 0 radical (unpaired) electrons. The molecular formula is C11H13ClN4S. The van der Waals surface area contributed by atoms with Gasteiger partial charge in [0.25, 0.3) is 0 Å². The van der Waals surface area contributed by atoms with Crippen molar-refractivity contribution in [3.63, 3.8) is 0 Å². The summed E-state index contributed by atoms with van der Waals surface area (Å²) in [5, 5.41) is 11.4. The molecule has 0 aliphatic rings. The number of benzene rings is 1. The molecule has 0 saturated heterocycles. The molecular weight excluding hydrogens is 256 g/mol. The lowest BCUT2D eigenvalue weighted by Gasteiger charge is -2.04. The maximum atomic E-state index is 6.21. The Morgan fingerprint density at radius 3 is 2.88 bits per heavy atom. The first-order valence-corrected chi connectivity index (χ1v) is 6.38. The highest BCUT2D eigenvalue weighted by atomic mass is 35.5. The fraction of sp³-hybridized carbons (Fsp3) is 0.273. The molecule has 1 heterocycles. The predicted octanol–water partition coefficient (Wildman–Crippen LogP) is 2.64. The second-order valence-corrected chi connectivity index (χ2v) is 5.02. The Bertz CT molecular complexity index is 512. The van der Waals surface area contributed by atoms with E-state index >= 15 is 0 Å². The van der Waals surface area contributed by atoms with Crippen molar-refractivity contribution in [2.24, 2.45) is 0 Å². The Morgan fingerprint density at radius 1 is 1.47 bits per heavy atom. The summed E-state index contributed by atoms with van der Waals surface area (Å²) in [6.07, 6.45) is 0. The van der Waals surface area contributed by atoms with E-state index in [0.29, 0.717) is 5.16 Å². The molecule has 0 atom stereocenters. The van der Waals surface area contributed by atoms with Gasteiger partial charge in [-0.25, -0.2) is 4.98 Å². The van der Waals surface area contributed by atoms with Crippen LogP contribution in [0.15, 0.2) is 28.3 Å². The van der Waals surface area contributed by atoms with Gasteiger partial charge in [0, 0.05) is 11.4 Å². The maximum Gasteiger partial charge on any atom is 0.213 e. The minimum absolute atomic E-state index is 0.686. The highest BCUT2D eigenvalue weighted by Crippen LogP contribution is 2.31. The van der Waals surface area contributed by atoms with E-state index in [1.54, 1.807) is 0 Å².